The predicted molar refractivity (Wildman–Crippen MR) is 139 cm³/mol. The summed E-state index contributed by atoms with van der Waals surface area (Å²) >= 11 is 0. The average molecular weight is 556 g/mol. The normalized spacial score (nSPS) is 23.2. The number of piperidine rings is 1. The number of hydrogen-bond donors (Lipinski definition) is 1. The maximum atomic E-state index is 12.8. The van der Waals surface area contributed by atoms with Crippen molar-refractivity contribution < 1.29 is 9.53 Å². The number of guanidine groups is 1. The molecule has 0 radical (unpaired) electrons. The Hall–Kier alpha value is -1.39. The van der Waals surface area contributed by atoms with E-state index in [2.05, 4.69) is 50.4 Å². The quantitative estimate of drug-likeness (QED) is 0.343. The number of rotatable bonds is 5. The second-order valence-corrected chi connectivity index (χ2v) is 8.95. The van der Waals surface area contributed by atoms with Crippen LogP contribution in [0.4, 0.5) is 0 Å². The highest BCUT2D eigenvalue weighted by atomic mass is 127. The van der Waals surface area contributed by atoms with E-state index in [1.54, 1.807) is 0 Å². The van der Waals surface area contributed by atoms with Gasteiger partial charge in [0, 0.05) is 52.4 Å². The first kappa shape index (κ1) is 25.2. The fourth-order valence-corrected chi connectivity index (χ4v) is 5.11. The van der Waals surface area contributed by atoms with Gasteiger partial charge in [-0.2, -0.15) is 0 Å². The summed E-state index contributed by atoms with van der Waals surface area (Å²) in [7, 11) is 1.81. The lowest BCUT2D eigenvalue weighted by atomic mass is 9.90. The number of ether oxygens (including phenoxy) is 1. The monoisotopic (exact) mass is 555 g/mol. The Labute approximate surface area is 209 Å². The van der Waals surface area contributed by atoms with Crippen molar-refractivity contribution in [2.24, 2.45) is 10.9 Å². The minimum Gasteiger partial charge on any atom is -0.379 e. The van der Waals surface area contributed by atoms with Crippen molar-refractivity contribution in [1.29, 1.82) is 0 Å². The zero-order valence-electron chi connectivity index (χ0n) is 19.2. The molecule has 0 aromatic heterocycles. The van der Waals surface area contributed by atoms with Gasteiger partial charge in [0.25, 0.3) is 0 Å². The summed E-state index contributed by atoms with van der Waals surface area (Å²) in [6, 6.07) is 11.2. The van der Waals surface area contributed by atoms with Crippen LogP contribution >= 0.6 is 24.0 Å². The Morgan fingerprint density at radius 2 is 1.72 bits per heavy atom. The number of benzene rings is 1. The van der Waals surface area contributed by atoms with E-state index in [1.165, 1.54) is 5.56 Å². The number of carbonyl (C=O) groups is 1. The molecule has 1 aromatic rings. The van der Waals surface area contributed by atoms with Crippen molar-refractivity contribution in [3.05, 3.63) is 35.9 Å². The molecule has 8 heteroatoms. The van der Waals surface area contributed by atoms with Gasteiger partial charge in [-0.3, -0.25) is 14.7 Å². The van der Waals surface area contributed by atoms with E-state index in [0.717, 1.165) is 84.1 Å². The zero-order chi connectivity index (χ0) is 21.5. The van der Waals surface area contributed by atoms with Gasteiger partial charge in [0.1, 0.15) is 0 Å². The minimum absolute atomic E-state index is 0. The highest BCUT2D eigenvalue weighted by molar-refractivity contribution is 14.0. The second-order valence-electron chi connectivity index (χ2n) is 8.95. The zero-order valence-corrected chi connectivity index (χ0v) is 21.6. The maximum Gasteiger partial charge on any atom is 0.241 e. The van der Waals surface area contributed by atoms with Crippen LogP contribution in [0.15, 0.2) is 35.3 Å². The number of likely N-dealkylation sites (tertiary alicyclic amines) is 2. The van der Waals surface area contributed by atoms with Crippen molar-refractivity contribution in [2.75, 3.05) is 66.1 Å². The van der Waals surface area contributed by atoms with Gasteiger partial charge in [-0.05, 0) is 37.2 Å². The number of aliphatic imine (C=N–C) groups is 1. The van der Waals surface area contributed by atoms with Crippen molar-refractivity contribution in [2.45, 2.75) is 31.7 Å². The van der Waals surface area contributed by atoms with Crippen LogP contribution in [-0.2, 0) is 16.0 Å². The third-order valence-corrected chi connectivity index (χ3v) is 6.97. The molecule has 1 N–H and O–H groups in total. The molecule has 4 rings (SSSR count). The van der Waals surface area contributed by atoms with E-state index in [1.807, 2.05) is 11.9 Å². The second kappa shape index (κ2) is 12.7. The molecule has 3 aliphatic heterocycles. The first-order chi connectivity index (χ1) is 15.2. The Morgan fingerprint density at radius 1 is 1.03 bits per heavy atom. The molecule has 178 valence electrons. The van der Waals surface area contributed by atoms with Crippen LogP contribution in [0.5, 0.6) is 0 Å². The lowest BCUT2D eigenvalue weighted by molar-refractivity contribution is -0.131. The number of halogens is 1. The molecule has 0 saturated carbocycles. The average Bonchev–Trinajstić information content (AvgIpc) is 3.31. The molecule has 0 aliphatic carbocycles. The molecule has 7 nitrogen and oxygen atoms in total. The fourth-order valence-electron chi connectivity index (χ4n) is 5.11. The van der Waals surface area contributed by atoms with Crippen LogP contribution in [-0.4, -0.2) is 98.7 Å². The van der Waals surface area contributed by atoms with Crippen molar-refractivity contribution in [3.8, 4) is 0 Å². The van der Waals surface area contributed by atoms with Crippen LogP contribution in [0, 0.1) is 5.92 Å². The molecule has 3 heterocycles. The Kier molecular flexibility index (Phi) is 10.1. The largest absolute Gasteiger partial charge is 0.379 e. The van der Waals surface area contributed by atoms with Crippen molar-refractivity contribution >= 4 is 35.8 Å². The van der Waals surface area contributed by atoms with E-state index in [0.29, 0.717) is 18.5 Å². The van der Waals surface area contributed by atoms with E-state index in [9.17, 15) is 4.79 Å². The van der Waals surface area contributed by atoms with Gasteiger partial charge in [-0.25, -0.2) is 0 Å². The summed E-state index contributed by atoms with van der Waals surface area (Å²) in [6.07, 6.45) is 4.43. The molecule has 1 amide bonds. The SMILES string of the molecule is CN=C(NCC(=O)N1CCC(Cc2ccccc2)CC1)N1CCC(N2CCOCC2)C1.I. The fraction of sp³-hybridized carbons (Fsp3) is 0.667. The third kappa shape index (κ3) is 6.81. The molecule has 3 saturated heterocycles. The van der Waals surface area contributed by atoms with Gasteiger partial charge in [-0.15, -0.1) is 24.0 Å². The summed E-state index contributed by atoms with van der Waals surface area (Å²) in [4.78, 5) is 24.1. The van der Waals surface area contributed by atoms with Crippen LogP contribution in [0.2, 0.25) is 0 Å². The summed E-state index contributed by atoms with van der Waals surface area (Å²) in [5.74, 6) is 1.71. The highest BCUT2D eigenvalue weighted by Gasteiger charge is 2.30. The first-order valence-electron chi connectivity index (χ1n) is 11.8. The van der Waals surface area contributed by atoms with Gasteiger partial charge in [0.2, 0.25) is 5.91 Å². The van der Waals surface area contributed by atoms with E-state index < -0.39 is 0 Å². The van der Waals surface area contributed by atoms with Crippen LogP contribution in [0.3, 0.4) is 0 Å². The Bertz CT molecular complexity index is 733. The smallest absolute Gasteiger partial charge is 0.241 e. The summed E-state index contributed by atoms with van der Waals surface area (Å²) in [5.41, 5.74) is 1.40. The molecule has 32 heavy (non-hydrogen) atoms. The summed E-state index contributed by atoms with van der Waals surface area (Å²) < 4.78 is 5.48. The minimum atomic E-state index is 0. The first-order valence-corrected chi connectivity index (χ1v) is 11.8. The molecule has 0 bridgehead atoms. The lowest BCUT2D eigenvalue weighted by Crippen LogP contribution is -2.49. The van der Waals surface area contributed by atoms with E-state index in [-0.39, 0.29) is 29.9 Å². The number of carbonyl (C=O) groups excluding carboxylic acids is 1. The molecular formula is C24H38IN5O2. The van der Waals surface area contributed by atoms with Gasteiger partial charge in [0.05, 0.1) is 19.8 Å². The van der Waals surface area contributed by atoms with Gasteiger partial charge < -0.3 is 19.9 Å². The van der Waals surface area contributed by atoms with Gasteiger partial charge in [-0.1, -0.05) is 30.3 Å². The predicted octanol–water partition coefficient (Wildman–Crippen LogP) is 2.07. The van der Waals surface area contributed by atoms with Gasteiger partial charge in [0.15, 0.2) is 5.96 Å². The molecule has 1 aromatic carbocycles. The Balaban J connectivity index is 0.00000289. The van der Waals surface area contributed by atoms with E-state index in [4.69, 9.17) is 4.74 Å². The van der Waals surface area contributed by atoms with Crippen LogP contribution in [0.25, 0.3) is 0 Å². The number of nitrogens with one attached hydrogen (secondary N) is 1. The number of morpholine rings is 1. The van der Waals surface area contributed by atoms with Gasteiger partial charge >= 0.3 is 0 Å². The summed E-state index contributed by atoms with van der Waals surface area (Å²) in [5, 5.41) is 3.32. The lowest BCUT2D eigenvalue weighted by Gasteiger charge is -2.33. The van der Waals surface area contributed by atoms with Crippen LogP contribution < -0.4 is 5.32 Å². The van der Waals surface area contributed by atoms with Crippen molar-refractivity contribution in [1.82, 2.24) is 20.0 Å². The topological polar surface area (TPSA) is 60.4 Å². The number of hydrogen-bond acceptors (Lipinski definition) is 4. The van der Waals surface area contributed by atoms with E-state index >= 15 is 0 Å². The van der Waals surface area contributed by atoms with Crippen molar-refractivity contribution in [3.63, 3.8) is 0 Å². The molecule has 1 unspecified atom stereocenters. The molecule has 1 atom stereocenters. The Morgan fingerprint density at radius 3 is 2.41 bits per heavy atom. The number of amides is 1. The number of nitrogens with zero attached hydrogens (tertiary/aromatic N) is 4. The molecular weight excluding hydrogens is 517 g/mol. The molecule has 3 aliphatic rings. The molecule has 3 fully saturated rings. The highest BCUT2D eigenvalue weighted by Crippen LogP contribution is 2.22. The third-order valence-electron chi connectivity index (χ3n) is 6.97. The van der Waals surface area contributed by atoms with Crippen LogP contribution in [0.1, 0.15) is 24.8 Å². The standard InChI is InChI=1S/C24H37N5O2.HI/c1-25-24(29-12-9-22(19-29)27-13-15-31-16-14-27)26-18-23(30)28-10-7-21(8-11-28)17-20-5-3-2-4-6-20;/h2-6,21-22H,7-19H2,1H3,(H,25,26);1H. The maximum absolute atomic E-state index is 12.8. The summed E-state index contributed by atoms with van der Waals surface area (Å²) in [6.45, 7) is 7.71. The molecule has 0 spiro atoms.